The highest BCUT2D eigenvalue weighted by molar-refractivity contribution is 6.35. The molecule has 15 nitrogen and oxygen atoms in total. The molecule has 55 heavy (non-hydrogen) atoms. The number of primary amides is 1. The van der Waals surface area contributed by atoms with Gasteiger partial charge in [0, 0.05) is 43.2 Å². The van der Waals surface area contributed by atoms with Gasteiger partial charge in [-0.1, -0.05) is 47.5 Å². The Hall–Kier alpha value is -6.31. The number of benzene rings is 2. The maximum atomic E-state index is 14.6. The highest BCUT2D eigenvalue weighted by Crippen LogP contribution is 2.45. The van der Waals surface area contributed by atoms with Crippen molar-refractivity contribution in [3.8, 4) is 17.2 Å². The lowest BCUT2D eigenvalue weighted by molar-refractivity contribution is -0.125. The average Bonchev–Trinajstić information content (AvgIpc) is 3.77. The van der Waals surface area contributed by atoms with E-state index in [0.29, 0.717) is 29.8 Å². The van der Waals surface area contributed by atoms with Gasteiger partial charge in [0.05, 0.1) is 21.9 Å². The molecular formula is C37H30Cl2FN11O4. The Kier molecular flexibility index (Phi) is 9.76. The minimum Gasteiger partial charge on any atom is -0.370 e. The number of rotatable bonds is 12. The third-order valence-electron chi connectivity index (χ3n) is 9.55. The summed E-state index contributed by atoms with van der Waals surface area (Å²) in [6, 6.07) is 12.0. The number of halogens is 3. The number of amides is 4. The molecule has 5 aromatic rings. The first-order valence-electron chi connectivity index (χ1n) is 16.9. The van der Waals surface area contributed by atoms with E-state index in [1.807, 2.05) is 6.07 Å². The second kappa shape index (κ2) is 14.5. The molecule has 7 rings (SSSR count). The summed E-state index contributed by atoms with van der Waals surface area (Å²) in [4.78, 5) is 76.6. The fraction of sp³-hybridized carbons (Fsp3) is 0.243. The molecule has 4 N–H and O–H groups in total. The molecule has 0 bridgehead atoms. The highest BCUT2D eigenvalue weighted by atomic mass is 35.5. The summed E-state index contributed by atoms with van der Waals surface area (Å²) in [5.74, 6) is -2.96. The van der Waals surface area contributed by atoms with Gasteiger partial charge in [-0.2, -0.15) is 5.26 Å². The summed E-state index contributed by atoms with van der Waals surface area (Å²) in [6.45, 7) is 1.63. The van der Waals surface area contributed by atoms with Crippen LogP contribution in [-0.4, -0.2) is 59.2 Å². The molecule has 2 aromatic carbocycles. The van der Waals surface area contributed by atoms with Gasteiger partial charge in [-0.15, -0.1) is 0 Å². The van der Waals surface area contributed by atoms with Crippen LogP contribution in [0.25, 0.3) is 11.1 Å². The minimum absolute atomic E-state index is 0.0130. The van der Waals surface area contributed by atoms with E-state index in [0.717, 1.165) is 5.56 Å². The molecule has 0 unspecified atom stereocenters. The molecule has 1 aliphatic heterocycles. The number of nitrogens with one attached hydrogen (secondary N) is 2. The van der Waals surface area contributed by atoms with Crippen LogP contribution in [0.2, 0.25) is 10.0 Å². The molecule has 1 saturated carbocycles. The topological polar surface area (TPSA) is 215 Å². The van der Waals surface area contributed by atoms with Crippen molar-refractivity contribution in [2.45, 2.75) is 56.1 Å². The van der Waals surface area contributed by atoms with Crippen molar-refractivity contribution in [1.82, 2.24) is 40.1 Å². The summed E-state index contributed by atoms with van der Waals surface area (Å²) in [5.41, 5.74) is 5.23. The maximum Gasteiger partial charge on any atom is 0.270 e. The largest absolute Gasteiger partial charge is 0.370 e. The lowest BCUT2D eigenvalue weighted by Crippen LogP contribution is -2.51. The van der Waals surface area contributed by atoms with Crippen molar-refractivity contribution >= 4 is 58.5 Å². The predicted molar refractivity (Wildman–Crippen MR) is 196 cm³/mol. The second-order valence-electron chi connectivity index (χ2n) is 13.4. The van der Waals surface area contributed by atoms with Gasteiger partial charge in [0.2, 0.25) is 23.6 Å². The number of nitrogens with two attached hydrogens (primary N) is 1. The van der Waals surface area contributed by atoms with Crippen LogP contribution in [0.15, 0.2) is 73.4 Å². The zero-order chi connectivity index (χ0) is 39.1. The third-order valence-corrected chi connectivity index (χ3v) is 10.1. The van der Waals surface area contributed by atoms with Gasteiger partial charge in [-0.3, -0.25) is 23.7 Å². The SMILES string of the molecule is C[C@@]1(Cc2ccc(-c3cnc(C#N)nc3)cc2)C(=O)N(c2cc(Cl)c(F)c(Cl)c2)c2ncc(C(=O)N[C@H](CCC(N)=O)C(=O)NC3(c4ncccn4)CC3)n21. The molecular weight excluding hydrogens is 752 g/mol. The number of aromatic nitrogens is 6. The van der Waals surface area contributed by atoms with Crippen LogP contribution in [0, 0.1) is 17.1 Å². The molecule has 3 aromatic heterocycles. The number of carbonyl (C=O) groups is 4. The first-order chi connectivity index (χ1) is 26.3. The van der Waals surface area contributed by atoms with Crippen LogP contribution in [0.3, 0.4) is 0 Å². The number of fused-ring (bicyclic) bond motifs is 1. The average molecular weight is 783 g/mol. The van der Waals surface area contributed by atoms with Crippen molar-refractivity contribution in [3.05, 3.63) is 112 Å². The monoisotopic (exact) mass is 781 g/mol. The Morgan fingerprint density at radius 2 is 1.65 bits per heavy atom. The second-order valence-corrected chi connectivity index (χ2v) is 14.2. The predicted octanol–water partition coefficient (Wildman–Crippen LogP) is 4.25. The number of carbonyl (C=O) groups excluding carboxylic acids is 4. The third kappa shape index (κ3) is 7.07. The minimum atomic E-state index is -1.52. The molecule has 18 heteroatoms. The first-order valence-corrected chi connectivity index (χ1v) is 17.7. The molecule has 0 radical (unpaired) electrons. The van der Waals surface area contributed by atoms with Crippen LogP contribution in [0.4, 0.5) is 16.0 Å². The smallest absolute Gasteiger partial charge is 0.270 e. The molecule has 2 aliphatic rings. The number of anilines is 2. The Morgan fingerprint density at radius 1 is 1.00 bits per heavy atom. The van der Waals surface area contributed by atoms with E-state index < -0.39 is 46.6 Å². The van der Waals surface area contributed by atoms with Crippen LogP contribution >= 0.6 is 23.2 Å². The van der Waals surface area contributed by atoms with E-state index in [1.165, 1.54) is 40.2 Å². The summed E-state index contributed by atoms with van der Waals surface area (Å²) in [5, 5.41) is 14.0. The Bertz CT molecular complexity index is 2360. The molecule has 0 spiro atoms. The van der Waals surface area contributed by atoms with Crippen LogP contribution in [0.5, 0.6) is 0 Å². The van der Waals surface area contributed by atoms with Gasteiger partial charge in [0.25, 0.3) is 11.8 Å². The van der Waals surface area contributed by atoms with Gasteiger partial charge in [-0.05, 0) is 55.5 Å². The van der Waals surface area contributed by atoms with E-state index in [2.05, 4.69) is 35.6 Å². The standard InChI is InChI=1S/C37H30Cl2FN11O4/c1-36(15-20-3-5-21(6-4-20)22-17-45-29(16-41)46-18-22)34(55)50(23-13-24(38)30(40)25(39)14-23)35-47-19-27(51(35)36)32(54)48-26(7-8-28(42)52)31(53)49-37(9-10-37)33-43-11-2-12-44-33/h2-6,11-14,17-19,26H,7-10,15H2,1H3,(H2,42,52)(H,48,54)(H,49,53)/t26-,36-/m1/s1. The fourth-order valence-electron chi connectivity index (χ4n) is 6.57. The van der Waals surface area contributed by atoms with Crippen molar-refractivity contribution in [3.63, 3.8) is 0 Å². The lowest BCUT2D eigenvalue weighted by atomic mass is 9.90. The van der Waals surface area contributed by atoms with E-state index in [9.17, 15) is 23.6 Å². The molecule has 4 heterocycles. The molecule has 4 amide bonds. The summed E-state index contributed by atoms with van der Waals surface area (Å²) in [7, 11) is 0. The Morgan fingerprint density at radius 3 is 2.25 bits per heavy atom. The van der Waals surface area contributed by atoms with Gasteiger partial charge < -0.3 is 16.4 Å². The van der Waals surface area contributed by atoms with Gasteiger partial charge in [0.15, 0.2) is 11.6 Å². The summed E-state index contributed by atoms with van der Waals surface area (Å²) >= 11 is 12.3. The molecule has 278 valence electrons. The van der Waals surface area contributed by atoms with E-state index in [1.54, 1.807) is 49.6 Å². The van der Waals surface area contributed by atoms with Gasteiger partial charge in [0.1, 0.15) is 28.9 Å². The van der Waals surface area contributed by atoms with E-state index in [4.69, 9.17) is 34.2 Å². The maximum absolute atomic E-state index is 14.6. The Balaban J connectivity index is 1.23. The number of nitriles is 1. The normalized spacial score (nSPS) is 17.2. The lowest BCUT2D eigenvalue weighted by Gasteiger charge is -2.27. The molecule has 2 atom stereocenters. The van der Waals surface area contributed by atoms with Crippen molar-refractivity contribution in [1.29, 1.82) is 5.26 Å². The van der Waals surface area contributed by atoms with Crippen LogP contribution < -0.4 is 21.3 Å². The van der Waals surface area contributed by atoms with Crippen LogP contribution in [0.1, 0.15) is 60.3 Å². The zero-order valence-corrected chi connectivity index (χ0v) is 30.5. The van der Waals surface area contributed by atoms with Crippen molar-refractivity contribution in [2.24, 2.45) is 5.73 Å². The number of hydrogen-bond donors (Lipinski definition) is 3. The molecule has 1 aliphatic carbocycles. The zero-order valence-electron chi connectivity index (χ0n) is 29.0. The number of nitrogens with zero attached hydrogens (tertiary/aromatic N) is 8. The van der Waals surface area contributed by atoms with E-state index >= 15 is 0 Å². The summed E-state index contributed by atoms with van der Waals surface area (Å²) < 4.78 is 16.0. The molecule has 0 saturated heterocycles. The van der Waals surface area contributed by atoms with E-state index in [-0.39, 0.29) is 52.5 Å². The van der Waals surface area contributed by atoms with Crippen molar-refractivity contribution in [2.75, 3.05) is 4.90 Å². The quantitative estimate of drug-likeness (QED) is 0.153. The van der Waals surface area contributed by atoms with Gasteiger partial charge in [-0.25, -0.2) is 34.2 Å². The highest BCUT2D eigenvalue weighted by Gasteiger charge is 2.52. The summed E-state index contributed by atoms with van der Waals surface area (Å²) in [6.07, 6.45) is 8.30. The molecule has 1 fully saturated rings. The number of hydrogen-bond acceptors (Lipinski definition) is 10. The van der Waals surface area contributed by atoms with Crippen LogP contribution in [-0.2, 0) is 31.9 Å². The van der Waals surface area contributed by atoms with Gasteiger partial charge >= 0.3 is 0 Å². The van der Waals surface area contributed by atoms with Crippen molar-refractivity contribution < 1.29 is 23.6 Å². The fourth-order valence-corrected chi connectivity index (χ4v) is 7.04. The first kappa shape index (κ1) is 37.0. The number of imidazole rings is 1. The Labute approximate surface area is 322 Å².